The summed E-state index contributed by atoms with van der Waals surface area (Å²) in [6.07, 6.45) is 0.982. The lowest BCUT2D eigenvalue weighted by Gasteiger charge is -2.17. The van der Waals surface area contributed by atoms with Crippen LogP contribution in [0.25, 0.3) is 0 Å². The lowest BCUT2D eigenvalue weighted by Crippen LogP contribution is -2.30. The van der Waals surface area contributed by atoms with E-state index < -0.39 is 5.97 Å². The maximum absolute atomic E-state index is 12.1. The highest BCUT2D eigenvalue weighted by Crippen LogP contribution is 2.24. The predicted molar refractivity (Wildman–Crippen MR) is 94.6 cm³/mol. The van der Waals surface area contributed by atoms with Gasteiger partial charge in [0.15, 0.2) is 6.61 Å². The molecule has 2 N–H and O–H groups in total. The molecule has 1 unspecified atom stereocenters. The van der Waals surface area contributed by atoms with E-state index in [1.165, 1.54) is 0 Å². The van der Waals surface area contributed by atoms with Crippen molar-refractivity contribution in [2.75, 3.05) is 11.9 Å². The number of aryl methyl sites for hydroxylation is 1. The molecular formula is C18H18N2O4S. The standard InChI is InChI=1S/C18H18N2O4S/c1-11(15-3-2-8-25-15)19-17(22)10-24-18(23)13-4-6-14-12(9-13)5-7-16(21)20-14/h2-4,6,8-9,11H,5,7,10H2,1H3,(H,19,22)(H,20,21). The van der Waals surface area contributed by atoms with Crippen molar-refractivity contribution in [1.29, 1.82) is 0 Å². The molecule has 0 bridgehead atoms. The van der Waals surface area contributed by atoms with Crippen LogP contribution in [0.1, 0.15) is 40.2 Å². The average Bonchev–Trinajstić information content (AvgIpc) is 3.14. The van der Waals surface area contributed by atoms with Gasteiger partial charge in [0.2, 0.25) is 5.91 Å². The SMILES string of the molecule is CC(NC(=O)COC(=O)c1ccc2c(c1)CCC(=O)N2)c1cccs1. The molecule has 0 aliphatic carbocycles. The number of thiophene rings is 1. The summed E-state index contributed by atoms with van der Waals surface area (Å²) in [7, 11) is 0. The zero-order chi connectivity index (χ0) is 17.8. The Morgan fingerprint density at radius 3 is 2.92 bits per heavy atom. The first-order valence-electron chi connectivity index (χ1n) is 7.95. The highest BCUT2D eigenvalue weighted by atomic mass is 32.1. The molecule has 3 rings (SSSR count). The molecule has 2 heterocycles. The van der Waals surface area contributed by atoms with Crippen LogP contribution in [0, 0.1) is 0 Å². The molecule has 1 aliphatic rings. The lowest BCUT2D eigenvalue weighted by molar-refractivity contribution is -0.124. The Kier molecular flexibility index (Phi) is 5.14. The number of anilines is 1. The third-order valence-electron chi connectivity index (χ3n) is 3.92. The Morgan fingerprint density at radius 2 is 2.16 bits per heavy atom. The van der Waals surface area contributed by atoms with Crippen LogP contribution in [-0.2, 0) is 20.7 Å². The van der Waals surface area contributed by atoms with Crippen LogP contribution < -0.4 is 10.6 Å². The van der Waals surface area contributed by atoms with Gasteiger partial charge in [0.05, 0.1) is 11.6 Å². The number of rotatable bonds is 5. The largest absolute Gasteiger partial charge is 0.452 e. The van der Waals surface area contributed by atoms with E-state index in [2.05, 4.69) is 10.6 Å². The van der Waals surface area contributed by atoms with Crippen molar-refractivity contribution in [2.45, 2.75) is 25.8 Å². The molecule has 1 aromatic carbocycles. The summed E-state index contributed by atoms with van der Waals surface area (Å²) in [6.45, 7) is 1.55. The number of hydrogen-bond donors (Lipinski definition) is 2. The molecule has 2 amide bonds. The molecule has 1 aromatic heterocycles. The van der Waals surface area contributed by atoms with Crippen LogP contribution in [-0.4, -0.2) is 24.4 Å². The Balaban J connectivity index is 1.54. The van der Waals surface area contributed by atoms with E-state index in [-0.39, 0.29) is 24.5 Å². The summed E-state index contributed by atoms with van der Waals surface area (Å²) in [5, 5.41) is 7.49. The van der Waals surface area contributed by atoms with E-state index in [1.54, 1.807) is 29.5 Å². The Bertz CT molecular complexity index is 801. The number of benzene rings is 1. The average molecular weight is 358 g/mol. The van der Waals surface area contributed by atoms with Gasteiger partial charge >= 0.3 is 5.97 Å². The lowest BCUT2D eigenvalue weighted by atomic mass is 10.0. The number of fused-ring (bicyclic) bond motifs is 1. The first-order valence-corrected chi connectivity index (χ1v) is 8.83. The second-order valence-electron chi connectivity index (χ2n) is 5.80. The minimum atomic E-state index is -0.557. The predicted octanol–water partition coefficient (Wildman–Crippen LogP) is 2.67. The Labute approximate surface area is 149 Å². The molecule has 1 aliphatic heterocycles. The molecule has 7 heteroatoms. The summed E-state index contributed by atoms with van der Waals surface area (Å²) in [6, 6.07) is 8.69. The van der Waals surface area contributed by atoms with E-state index in [4.69, 9.17) is 4.74 Å². The van der Waals surface area contributed by atoms with Gasteiger partial charge in [-0.1, -0.05) is 6.07 Å². The fourth-order valence-corrected chi connectivity index (χ4v) is 3.35. The molecule has 0 saturated carbocycles. The van der Waals surface area contributed by atoms with Gasteiger partial charge in [-0.2, -0.15) is 0 Å². The Hall–Kier alpha value is -2.67. The number of carbonyl (C=O) groups is 3. The van der Waals surface area contributed by atoms with Crippen LogP contribution in [0.2, 0.25) is 0 Å². The number of hydrogen-bond acceptors (Lipinski definition) is 5. The molecule has 2 aromatic rings. The van der Waals surface area contributed by atoms with Gasteiger partial charge in [0.25, 0.3) is 5.91 Å². The summed E-state index contributed by atoms with van der Waals surface area (Å²) in [5.41, 5.74) is 1.98. The zero-order valence-corrected chi connectivity index (χ0v) is 14.5. The third kappa shape index (κ3) is 4.24. The summed E-state index contributed by atoms with van der Waals surface area (Å²) in [4.78, 5) is 36.4. The molecular weight excluding hydrogens is 340 g/mol. The van der Waals surface area contributed by atoms with Crippen molar-refractivity contribution < 1.29 is 19.1 Å². The summed E-state index contributed by atoms with van der Waals surface area (Å²) < 4.78 is 5.09. The highest BCUT2D eigenvalue weighted by Gasteiger charge is 2.18. The second kappa shape index (κ2) is 7.48. The quantitative estimate of drug-likeness (QED) is 0.805. The molecule has 0 fully saturated rings. The van der Waals surface area contributed by atoms with Crippen molar-refractivity contribution >= 4 is 34.8 Å². The molecule has 0 spiro atoms. The van der Waals surface area contributed by atoms with Crippen molar-refractivity contribution in [2.24, 2.45) is 0 Å². The van der Waals surface area contributed by atoms with Crippen LogP contribution in [0.15, 0.2) is 35.7 Å². The fraction of sp³-hybridized carbons (Fsp3) is 0.278. The van der Waals surface area contributed by atoms with E-state index in [0.29, 0.717) is 18.4 Å². The highest BCUT2D eigenvalue weighted by molar-refractivity contribution is 7.10. The van der Waals surface area contributed by atoms with E-state index >= 15 is 0 Å². The van der Waals surface area contributed by atoms with E-state index in [9.17, 15) is 14.4 Å². The van der Waals surface area contributed by atoms with Crippen LogP contribution in [0.4, 0.5) is 5.69 Å². The number of esters is 1. The minimum absolute atomic E-state index is 0.0284. The number of carbonyl (C=O) groups excluding carboxylic acids is 3. The van der Waals surface area contributed by atoms with Gasteiger partial charge in [-0.3, -0.25) is 9.59 Å². The normalized spacial score (nSPS) is 14.2. The zero-order valence-electron chi connectivity index (χ0n) is 13.7. The Morgan fingerprint density at radius 1 is 1.32 bits per heavy atom. The van der Waals surface area contributed by atoms with E-state index in [1.807, 2.05) is 24.4 Å². The molecule has 6 nitrogen and oxygen atoms in total. The molecule has 130 valence electrons. The van der Waals surface area contributed by atoms with Gasteiger partial charge in [-0.25, -0.2) is 4.79 Å². The summed E-state index contributed by atoms with van der Waals surface area (Å²) >= 11 is 1.56. The topological polar surface area (TPSA) is 84.5 Å². The van der Waals surface area contributed by atoms with Gasteiger partial charge in [-0.05, 0) is 48.6 Å². The maximum atomic E-state index is 12.1. The van der Waals surface area contributed by atoms with Crippen molar-refractivity contribution in [3.63, 3.8) is 0 Å². The molecule has 25 heavy (non-hydrogen) atoms. The minimum Gasteiger partial charge on any atom is -0.452 e. The fourth-order valence-electron chi connectivity index (χ4n) is 2.62. The van der Waals surface area contributed by atoms with Crippen molar-refractivity contribution in [3.05, 3.63) is 51.7 Å². The van der Waals surface area contributed by atoms with Crippen LogP contribution in [0.5, 0.6) is 0 Å². The van der Waals surface area contributed by atoms with Crippen molar-refractivity contribution in [3.8, 4) is 0 Å². The molecule has 0 radical (unpaired) electrons. The number of nitrogens with one attached hydrogen (secondary N) is 2. The number of amides is 2. The smallest absolute Gasteiger partial charge is 0.338 e. The van der Waals surface area contributed by atoms with Gasteiger partial charge in [0.1, 0.15) is 0 Å². The third-order valence-corrected chi connectivity index (χ3v) is 4.97. The summed E-state index contributed by atoms with van der Waals surface area (Å²) in [5.74, 6) is -0.933. The molecule has 0 saturated heterocycles. The van der Waals surface area contributed by atoms with Gasteiger partial charge in [0, 0.05) is 17.0 Å². The molecule has 1 atom stereocenters. The number of ether oxygens (including phenoxy) is 1. The van der Waals surface area contributed by atoms with Gasteiger partial charge in [-0.15, -0.1) is 11.3 Å². The first kappa shape index (κ1) is 17.2. The first-order chi connectivity index (χ1) is 12.0. The van der Waals surface area contributed by atoms with Crippen molar-refractivity contribution in [1.82, 2.24) is 5.32 Å². The van der Waals surface area contributed by atoms with E-state index in [0.717, 1.165) is 16.1 Å². The van der Waals surface area contributed by atoms with Crippen LogP contribution >= 0.6 is 11.3 Å². The second-order valence-corrected chi connectivity index (χ2v) is 6.78. The van der Waals surface area contributed by atoms with Crippen LogP contribution in [0.3, 0.4) is 0 Å². The maximum Gasteiger partial charge on any atom is 0.338 e. The monoisotopic (exact) mass is 358 g/mol. The van der Waals surface area contributed by atoms with Gasteiger partial charge < -0.3 is 15.4 Å².